The van der Waals surface area contributed by atoms with Crippen molar-refractivity contribution < 1.29 is 24.5 Å². The van der Waals surface area contributed by atoms with Gasteiger partial charge >= 0.3 is 11.9 Å². The molecule has 0 fully saturated rings. The number of carbonyl (C=O) groups excluding carboxylic acids is 1. The highest BCUT2D eigenvalue weighted by atomic mass is 16.5. The smallest absolute Gasteiger partial charge is 0.347 e. The van der Waals surface area contributed by atoms with E-state index in [9.17, 15) is 14.7 Å². The topological polar surface area (TPSA) is 83.8 Å². The van der Waals surface area contributed by atoms with Crippen LogP contribution in [0.1, 0.15) is 20.7 Å². The molecule has 0 heterocycles. The Bertz CT molecular complexity index is 616. The normalized spacial score (nSPS) is 9.89. The van der Waals surface area contributed by atoms with Gasteiger partial charge in [0.2, 0.25) is 0 Å². The summed E-state index contributed by atoms with van der Waals surface area (Å²) < 4.78 is 5.02. The van der Waals surface area contributed by atoms with Crippen molar-refractivity contribution in [2.75, 3.05) is 0 Å². The van der Waals surface area contributed by atoms with Gasteiger partial charge in [-0.05, 0) is 36.4 Å². The molecule has 0 aliphatic carbocycles. The Morgan fingerprint density at radius 2 is 1.58 bits per heavy atom. The Morgan fingerprint density at radius 1 is 0.947 bits per heavy atom. The zero-order chi connectivity index (χ0) is 13.8. The molecular formula is C14H10O5. The highest BCUT2D eigenvalue weighted by molar-refractivity contribution is 5.94. The molecule has 2 N–H and O–H groups in total. The first-order valence-electron chi connectivity index (χ1n) is 5.41. The van der Waals surface area contributed by atoms with Crippen LogP contribution >= 0.6 is 0 Å². The van der Waals surface area contributed by atoms with E-state index in [0.717, 1.165) is 0 Å². The fourth-order valence-electron chi connectivity index (χ4n) is 1.47. The standard InChI is InChI=1S/C14H10O5/c15-12-4-2-1-3-11(12)14(18)19-10-7-5-9(6-8-10)13(16)17/h1-8,15H,(H,16,17). The quantitative estimate of drug-likeness (QED) is 0.652. The van der Waals surface area contributed by atoms with Crippen LogP contribution in [-0.2, 0) is 0 Å². The third kappa shape index (κ3) is 2.90. The predicted molar refractivity (Wildman–Crippen MR) is 66.5 cm³/mol. The number of aromatic hydroxyl groups is 1. The van der Waals surface area contributed by atoms with Gasteiger partial charge in [-0.15, -0.1) is 0 Å². The molecule has 0 atom stereocenters. The van der Waals surface area contributed by atoms with Crippen LogP contribution in [0.3, 0.4) is 0 Å². The molecule has 0 unspecified atom stereocenters. The van der Waals surface area contributed by atoms with E-state index >= 15 is 0 Å². The van der Waals surface area contributed by atoms with Gasteiger partial charge in [0.1, 0.15) is 17.1 Å². The van der Waals surface area contributed by atoms with Gasteiger partial charge in [0.05, 0.1) is 5.56 Å². The Hall–Kier alpha value is -2.82. The predicted octanol–water partition coefficient (Wildman–Crippen LogP) is 2.31. The second-order valence-corrected chi connectivity index (χ2v) is 3.74. The SMILES string of the molecule is O=C(O)c1ccc(OC(=O)c2ccccc2O)cc1. The molecule has 0 saturated carbocycles. The van der Waals surface area contributed by atoms with Gasteiger partial charge in [-0.25, -0.2) is 9.59 Å². The highest BCUT2D eigenvalue weighted by Gasteiger charge is 2.13. The molecule has 19 heavy (non-hydrogen) atoms. The van der Waals surface area contributed by atoms with Crippen molar-refractivity contribution in [1.29, 1.82) is 0 Å². The van der Waals surface area contributed by atoms with Crippen LogP contribution in [0, 0.1) is 0 Å². The Balaban J connectivity index is 2.15. The molecule has 0 spiro atoms. The molecule has 0 radical (unpaired) electrons. The lowest BCUT2D eigenvalue weighted by Crippen LogP contribution is -2.08. The monoisotopic (exact) mass is 258 g/mol. The van der Waals surface area contributed by atoms with Crippen molar-refractivity contribution >= 4 is 11.9 Å². The summed E-state index contributed by atoms with van der Waals surface area (Å²) in [6.45, 7) is 0. The number of benzene rings is 2. The first kappa shape index (κ1) is 12.6. The minimum absolute atomic E-state index is 0.0461. The van der Waals surface area contributed by atoms with Gasteiger partial charge < -0.3 is 14.9 Å². The highest BCUT2D eigenvalue weighted by Crippen LogP contribution is 2.19. The van der Waals surface area contributed by atoms with Crippen molar-refractivity contribution in [3.05, 3.63) is 59.7 Å². The maximum absolute atomic E-state index is 11.8. The number of rotatable bonds is 3. The molecule has 2 aromatic rings. The lowest BCUT2D eigenvalue weighted by atomic mass is 10.2. The third-order valence-electron chi connectivity index (χ3n) is 2.44. The number of esters is 1. The van der Waals surface area contributed by atoms with Crippen molar-refractivity contribution in [2.24, 2.45) is 0 Å². The number of carboxylic acid groups (broad SMARTS) is 1. The van der Waals surface area contributed by atoms with Crippen molar-refractivity contribution in [2.45, 2.75) is 0 Å². The average Bonchev–Trinajstić information content (AvgIpc) is 2.39. The van der Waals surface area contributed by atoms with E-state index in [-0.39, 0.29) is 22.6 Å². The van der Waals surface area contributed by atoms with Crippen LogP contribution in [0.4, 0.5) is 0 Å². The van der Waals surface area contributed by atoms with Gasteiger partial charge in [-0.2, -0.15) is 0 Å². The lowest BCUT2D eigenvalue weighted by molar-refractivity contribution is 0.0696. The fraction of sp³-hybridized carbons (Fsp3) is 0. The largest absolute Gasteiger partial charge is 0.507 e. The van der Waals surface area contributed by atoms with Gasteiger partial charge in [0.25, 0.3) is 0 Å². The molecule has 0 saturated heterocycles. The fourth-order valence-corrected chi connectivity index (χ4v) is 1.47. The van der Waals surface area contributed by atoms with Crippen LogP contribution < -0.4 is 4.74 Å². The molecule has 96 valence electrons. The zero-order valence-electron chi connectivity index (χ0n) is 9.74. The van der Waals surface area contributed by atoms with Crippen LogP contribution in [0.25, 0.3) is 0 Å². The van der Waals surface area contributed by atoms with Crippen LogP contribution in [0.2, 0.25) is 0 Å². The maximum atomic E-state index is 11.8. The van der Waals surface area contributed by atoms with Crippen molar-refractivity contribution in [3.63, 3.8) is 0 Å². The average molecular weight is 258 g/mol. The van der Waals surface area contributed by atoms with Crippen LogP contribution in [0.5, 0.6) is 11.5 Å². The summed E-state index contributed by atoms with van der Waals surface area (Å²) in [7, 11) is 0. The second-order valence-electron chi connectivity index (χ2n) is 3.74. The lowest BCUT2D eigenvalue weighted by Gasteiger charge is -2.05. The first-order valence-corrected chi connectivity index (χ1v) is 5.41. The van der Waals surface area contributed by atoms with Gasteiger partial charge in [-0.1, -0.05) is 12.1 Å². The molecule has 0 bridgehead atoms. The molecule has 0 amide bonds. The summed E-state index contributed by atoms with van der Waals surface area (Å²) in [5.41, 5.74) is 0.146. The van der Waals surface area contributed by atoms with Crippen molar-refractivity contribution in [1.82, 2.24) is 0 Å². The molecule has 5 heteroatoms. The third-order valence-corrected chi connectivity index (χ3v) is 2.44. The van der Waals surface area contributed by atoms with Gasteiger partial charge in [0, 0.05) is 0 Å². The minimum Gasteiger partial charge on any atom is -0.507 e. The molecule has 2 aromatic carbocycles. The number of phenols is 1. The number of phenolic OH excluding ortho intramolecular Hbond substituents is 1. The number of hydrogen-bond donors (Lipinski definition) is 2. The van der Waals surface area contributed by atoms with E-state index in [1.165, 1.54) is 36.4 Å². The summed E-state index contributed by atoms with van der Waals surface area (Å²) in [4.78, 5) is 22.4. The summed E-state index contributed by atoms with van der Waals surface area (Å²) in [5.74, 6) is -1.73. The number of hydrogen-bond acceptors (Lipinski definition) is 4. The van der Waals surface area contributed by atoms with E-state index in [1.807, 2.05) is 0 Å². The molecule has 0 aliphatic rings. The molecule has 5 nitrogen and oxygen atoms in total. The Kier molecular flexibility index (Phi) is 3.47. The Labute approximate surface area is 108 Å². The maximum Gasteiger partial charge on any atom is 0.347 e. The van der Waals surface area contributed by atoms with Crippen LogP contribution in [0.15, 0.2) is 48.5 Å². The van der Waals surface area contributed by atoms with E-state index in [0.29, 0.717) is 0 Å². The van der Waals surface area contributed by atoms with Crippen molar-refractivity contribution in [3.8, 4) is 11.5 Å². The Morgan fingerprint density at radius 3 is 2.16 bits per heavy atom. The van der Waals surface area contributed by atoms with Gasteiger partial charge in [-0.3, -0.25) is 0 Å². The molecule has 2 rings (SSSR count). The summed E-state index contributed by atoms with van der Waals surface area (Å²) >= 11 is 0. The zero-order valence-corrected chi connectivity index (χ0v) is 9.74. The minimum atomic E-state index is -1.06. The second kappa shape index (κ2) is 5.22. The van der Waals surface area contributed by atoms with E-state index in [2.05, 4.69) is 0 Å². The number of carbonyl (C=O) groups is 2. The molecule has 0 aromatic heterocycles. The first-order chi connectivity index (χ1) is 9.08. The number of carboxylic acids is 1. The number of para-hydroxylation sites is 1. The van der Waals surface area contributed by atoms with E-state index < -0.39 is 11.9 Å². The summed E-state index contributed by atoms with van der Waals surface area (Å²) in [6.07, 6.45) is 0. The summed E-state index contributed by atoms with van der Waals surface area (Å²) in [5, 5.41) is 18.2. The van der Waals surface area contributed by atoms with E-state index in [4.69, 9.17) is 9.84 Å². The molecule has 0 aliphatic heterocycles. The van der Waals surface area contributed by atoms with Gasteiger partial charge in [0.15, 0.2) is 0 Å². The summed E-state index contributed by atoms with van der Waals surface area (Å²) in [6, 6.07) is 11.4. The number of aromatic carboxylic acids is 1. The number of ether oxygens (including phenoxy) is 1. The van der Waals surface area contributed by atoms with Crippen LogP contribution in [-0.4, -0.2) is 22.2 Å². The van der Waals surface area contributed by atoms with E-state index in [1.54, 1.807) is 12.1 Å². The molecular weight excluding hydrogens is 248 g/mol.